The molecule has 1 aromatic heterocycles. The highest BCUT2D eigenvalue weighted by molar-refractivity contribution is 5.96. The van der Waals surface area contributed by atoms with Crippen molar-refractivity contribution in [2.75, 3.05) is 6.61 Å². The number of hydrogen-bond acceptors (Lipinski definition) is 11. The van der Waals surface area contributed by atoms with Crippen LogP contribution in [0.4, 0.5) is 0 Å². The highest BCUT2D eigenvalue weighted by Crippen LogP contribution is 2.45. The Morgan fingerprint density at radius 3 is 2.13 bits per heavy atom. The number of aliphatic hydroxyl groups is 4. The van der Waals surface area contributed by atoms with Crippen LogP contribution in [-0.4, -0.2) is 71.9 Å². The molecule has 4 rings (SSSR count). The molecule has 2 aromatic carbocycles. The van der Waals surface area contributed by atoms with Crippen LogP contribution < -0.4 is 5.43 Å². The molecule has 1 saturated heterocycles. The van der Waals surface area contributed by atoms with Gasteiger partial charge in [0.2, 0.25) is 5.43 Å². The highest BCUT2D eigenvalue weighted by atomic mass is 16.5. The van der Waals surface area contributed by atoms with E-state index in [1.165, 1.54) is 0 Å². The molecule has 0 bridgehead atoms. The Hall–Kier alpha value is -3.09. The highest BCUT2D eigenvalue weighted by Gasteiger charge is 2.46. The Bertz CT molecular complexity index is 1200. The summed E-state index contributed by atoms with van der Waals surface area (Å²) >= 11 is 0. The van der Waals surface area contributed by atoms with Gasteiger partial charge in [-0.05, 0) is 6.07 Å². The first-order valence-electron chi connectivity index (χ1n) is 8.83. The summed E-state index contributed by atoms with van der Waals surface area (Å²) in [5.74, 6) is -2.62. The summed E-state index contributed by atoms with van der Waals surface area (Å²) in [7, 11) is 0. The maximum absolute atomic E-state index is 12.9. The molecule has 3 unspecified atom stereocenters. The van der Waals surface area contributed by atoms with E-state index in [1.54, 1.807) is 0 Å². The van der Waals surface area contributed by atoms with E-state index in [-0.39, 0.29) is 16.6 Å². The third-order valence-corrected chi connectivity index (χ3v) is 5.23. The number of fused-ring (bicyclic) bond motifs is 2. The second kappa shape index (κ2) is 7.00. The molecule has 1 fully saturated rings. The van der Waals surface area contributed by atoms with Crippen molar-refractivity contribution in [1.82, 2.24) is 0 Å². The van der Waals surface area contributed by atoms with E-state index in [2.05, 4.69) is 0 Å². The zero-order valence-corrected chi connectivity index (χ0v) is 15.1. The molecule has 160 valence electrons. The van der Waals surface area contributed by atoms with Crippen LogP contribution in [0.2, 0.25) is 0 Å². The second-order valence-corrected chi connectivity index (χ2v) is 7.05. The monoisotopic (exact) mass is 422 g/mol. The van der Waals surface area contributed by atoms with Crippen LogP contribution in [0.5, 0.6) is 23.0 Å². The first-order chi connectivity index (χ1) is 14.1. The van der Waals surface area contributed by atoms with Crippen LogP contribution in [0.15, 0.2) is 27.4 Å². The normalized spacial score (nSPS) is 27.0. The Balaban J connectivity index is 1.98. The van der Waals surface area contributed by atoms with Crippen LogP contribution in [-0.2, 0) is 4.74 Å². The van der Waals surface area contributed by atoms with Gasteiger partial charge in [-0.25, -0.2) is 0 Å². The fourth-order valence-electron chi connectivity index (χ4n) is 3.64. The first-order valence-corrected chi connectivity index (χ1v) is 8.83. The lowest BCUT2D eigenvalue weighted by Crippen LogP contribution is -2.55. The third-order valence-electron chi connectivity index (χ3n) is 5.23. The van der Waals surface area contributed by atoms with Crippen LogP contribution in [0.1, 0.15) is 11.7 Å². The van der Waals surface area contributed by atoms with E-state index in [1.807, 2.05) is 0 Å². The number of ether oxygens (including phenoxy) is 1. The Labute approximate surface area is 166 Å². The molecule has 0 radical (unpaired) electrons. The van der Waals surface area contributed by atoms with Gasteiger partial charge in [-0.3, -0.25) is 4.79 Å². The molecule has 8 N–H and O–H groups in total. The van der Waals surface area contributed by atoms with Gasteiger partial charge in [0.05, 0.1) is 17.6 Å². The van der Waals surface area contributed by atoms with E-state index in [0.717, 1.165) is 18.2 Å². The first kappa shape index (κ1) is 20.2. The molecular weight excluding hydrogens is 404 g/mol. The summed E-state index contributed by atoms with van der Waals surface area (Å²) in [6.07, 6.45) is -8.16. The number of benzene rings is 2. The van der Waals surface area contributed by atoms with Crippen molar-refractivity contribution in [3.8, 4) is 23.0 Å². The van der Waals surface area contributed by atoms with Gasteiger partial charge in [-0.1, -0.05) is 0 Å². The minimum atomic E-state index is -1.81. The molecule has 1 aliphatic rings. The molecule has 0 amide bonds. The third kappa shape index (κ3) is 2.83. The van der Waals surface area contributed by atoms with Crippen LogP contribution in [0, 0.1) is 0 Å². The predicted molar refractivity (Wildman–Crippen MR) is 99.4 cm³/mol. The second-order valence-electron chi connectivity index (χ2n) is 7.05. The lowest BCUT2D eigenvalue weighted by Gasteiger charge is -2.40. The number of phenolic OH excluding ortho intramolecular Hbond substituents is 4. The van der Waals surface area contributed by atoms with Crippen molar-refractivity contribution in [3.05, 3.63) is 34.0 Å². The fourth-order valence-corrected chi connectivity index (χ4v) is 3.64. The maximum Gasteiger partial charge on any atom is 0.204 e. The zero-order chi connectivity index (χ0) is 21.9. The van der Waals surface area contributed by atoms with Crippen molar-refractivity contribution >= 4 is 21.9 Å². The van der Waals surface area contributed by atoms with E-state index < -0.39 is 76.5 Å². The minimum Gasteiger partial charge on any atom is -0.507 e. The van der Waals surface area contributed by atoms with E-state index >= 15 is 0 Å². The van der Waals surface area contributed by atoms with Gasteiger partial charge in [-0.15, -0.1) is 0 Å². The summed E-state index contributed by atoms with van der Waals surface area (Å²) in [5.41, 5.74) is -1.66. The van der Waals surface area contributed by atoms with Gasteiger partial charge >= 0.3 is 0 Å². The van der Waals surface area contributed by atoms with Gasteiger partial charge in [0, 0.05) is 12.1 Å². The fraction of sp³-hybridized carbons (Fsp3) is 0.316. The zero-order valence-electron chi connectivity index (χ0n) is 15.1. The molecule has 3 aromatic rings. The van der Waals surface area contributed by atoms with E-state index in [4.69, 9.17) is 9.15 Å². The summed E-state index contributed by atoms with van der Waals surface area (Å²) < 4.78 is 10.8. The predicted octanol–water partition coefficient (Wildman–Crippen LogP) is -0.717. The van der Waals surface area contributed by atoms with Crippen LogP contribution in [0.25, 0.3) is 21.9 Å². The molecule has 30 heavy (non-hydrogen) atoms. The molecule has 11 nitrogen and oxygen atoms in total. The standard InChI is InChI=1S/C19H18O11/c20-4-11-15(25)17(27)18(28)19(30-11)12-8(23)3-10-13(16(12)26)14(24)5-1-6(21)7(22)2-9(5)29-10/h1-3,11,15,17-23,25-28H,4H2/t11?,15-,17?,18?,19+/m1/s1. The van der Waals surface area contributed by atoms with Crippen molar-refractivity contribution in [3.63, 3.8) is 0 Å². The van der Waals surface area contributed by atoms with Gasteiger partial charge in [-0.2, -0.15) is 0 Å². The largest absolute Gasteiger partial charge is 0.507 e. The summed E-state index contributed by atoms with van der Waals surface area (Å²) in [5, 5.41) is 79.4. The maximum atomic E-state index is 12.9. The Morgan fingerprint density at radius 2 is 1.47 bits per heavy atom. The van der Waals surface area contributed by atoms with Crippen LogP contribution >= 0.6 is 0 Å². The Kier molecular flexibility index (Phi) is 4.71. The summed E-state index contributed by atoms with van der Waals surface area (Å²) in [4.78, 5) is 12.9. The van der Waals surface area contributed by atoms with E-state index in [0.29, 0.717) is 0 Å². The molecule has 11 heteroatoms. The van der Waals surface area contributed by atoms with Gasteiger partial charge in [0.15, 0.2) is 11.5 Å². The molecular formula is C19H18O11. The molecule has 0 spiro atoms. The van der Waals surface area contributed by atoms with Gasteiger partial charge in [0.1, 0.15) is 58.6 Å². The molecule has 5 atom stereocenters. The quantitative estimate of drug-likeness (QED) is 0.191. The lowest BCUT2D eigenvalue weighted by atomic mass is 9.89. The Morgan fingerprint density at radius 1 is 0.833 bits per heavy atom. The molecule has 0 saturated carbocycles. The molecule has 2 heterocycles. The minimum absolute atomic E-state index is 0.123. The number of rotatable bonds is 2. The smallest absolute Gasteiger partial charge is 0.204 e. The molecule has 1 aliphatic heterocycles. The van der Waals surface area contributed by atoms with Crippen molar-refractivity contribution < 1.29 is 50.0 Å². The lowest BCUT2D eigenvalue weighted by molar-refractivity contribution is -0.232. The summed E-state index contributed by atoms with van der Waals surface area (Å²) in [6, 6.07) is 2.90. The van der Waals surface area contributed by atoms with Crippen molar-refractivity contribution in [2.24, 2.45) is 0 Å². The average Bonchev–Trinajstić information content (AvgIpc) is 2.69. The van der Waals surface area contributed by atoms with Crippen LogP contribution in [0.3, 0.4) is 0 Å². The summed E-state index contributed by atoms with van der Waals surface area (Å²) in [6.45, 7) is -0.730. The van der Waals surface area contributed by atoms with E-state index in [9.17, 15) is 45.6 Å². The number of hydrogen-bond donors (Lipinski definition) is 8. The van der Waals surface area contributed by atoms with Gasteiger partial charge < -0.3 is 50.0 Å². The van der Waals surface area contributed by atoms with Crippen molar-refractivity contribution in [2.45, 2.75) is 30.5 Å². The number of aromatic hydroxyl groups is 4. The van der Waals surface area contributed by atoms with Crippen molar-refractivity contribution in [1.29, 1.82) is 0 Å². The molecule has 0 aliphatic carbocycles. The number of aliphatic hydroxyl groups excluding tert-OH is 4. The number of phenols is 4. The SMILES string of the molecule is O=c1c2cc(O)c(O)cc2oc2cc(O)c([C@@H]3OC(CO)[C@@H](O)C(O)C3O)c(O)c12. The van der Waals surface area contributed by atoms with Gasteiger partial charge in [0.25, 0.3) is 0 Å². The topological polar surface area (TPSA) is 201 Å². The average molecular weight is 422 g/mol.